The summed E-state index contributed by atoms with van der Waals surface area (Å²) in [6.07, 6.45) is 3.98. The fourth-order valence-corrected chi connectivity index (χ4v) is 1.15. The van der Waals surface area contributed by atoms with Gasteiger partial charge in [0.2, 0.25) is 0 Å². The molecule has 0 spiro atoms. The summed E-state index contributed by atoms with van der Waals surface area (Å²) in [5, 5.41) is 0.684. The molecule has 0 aliphatic carbocycles. The smallest absolute Gasteiger partial charge is 0.284 e. The first-order valence-corrected chi connectivity index (χ1v) is 3.82. The summed E-state index contributed by atoms with van der Waals surface area (Å²) < 4.78 is 4.98. The molecule has 12 heavy (non-hydrogen) atoms. The van der Waals surface area contributed by atoms with Crippen molar-refractivity contribution in [1.82, 2.24) is 4.98 Å². The molecule has 0 bridgehead atoms. The Morgan fingerprint density at radius 2 is 2.33 bits per heavy atom. The van der Waals surface area contributed by atoms with E-state index in [2.05, 4.69) is 11.4 Å². The zero-order valence-electron chi connectivity index (χ0n) is 6.12. The number of rotatable bonds is 1. The third kappa shape index (κ3) is 1.34. The topological polar surface area (TPSA) is 26.0 Å². The van der Waals surface area contributed by atoms with Gasteiger partial charge in [0.1, 0.15) is 0 Å². The SMILES string of the molecule is Clc1cccc(-c2cn[c]o2)c1. The molecule has 0 fully saturated rings. The first-order valence-electron chi connectivity index (χ1n) is 3.44. The van der Waals surface area contributed by atoms with E-state index in [4.69, 9.17) is 16.0 Å². The minimum absolute atomic E-state index is 0.678. The van der Waals surface area contributed by atoms with E-state index in [1.54, 1.807) is 6.20 Å². The molecule has 0 saturated carbocycles. The van der Waals surface area contributed by atoms with Crippen LogP contribution in [-0.2, 0) is 0 Å². The molecule has 3 heteroatoms. The Balaban J connectivity index is 2.48. The summed E-state index contributed by atoms with van der Waals surface area (Å²) >= 11 is 5.79. The van der Waals surface area contributed by atoms with Crippen molar-refractivity contribution in [3.8, 4) is 11.3 Å². The van der Waals surface area contributed by atoms with Gasteiger partial charge in [0.05, 0.1) is 6.20 Å². The van der Waals surface area contributed by atoms with Crippen molar-refractivity contribution in [2.75, 3.05) is 0 Å². The van der Waals surface area contributed by atoms with Crippen LogP contribution in [0.2, 0.25) is 5.02 Å². The summed E-state index contributed by atoms with van der Waals surface area (Å²) in [6.45, 7) is 0. The Labute approximate surface area is 74.8 Å². The van der Waals surface area contributed by atoms with Crippen LogP contribution >= 0.6 is 11.6 Å². The van der Waals surface area contributed by atoms with E-state index in [0.717, 1.165) is 5.56 Å². The maximum atomic E-state index is 5.79. The van der Waals surface area contributed by atoms with Gasteiger partial charge in [-0.25, -0.2) is 4.98 Å². The molecule has 0 amide bonds. The fraction of sp³-hybridized carbons (Fsp3) is 0. The molecule has 2 aromatic rings. The summed E-state index contributed by atoms with van der Waals surface area (Å²) in [5.41, 5.74) is 0.913. The van der Waals surface area contributed by atoms with Crippen molar-refractivity contribution in [3.05, 3.63) is 41.9 Å². The minimum Gasteiger partial charge on any atom is -0.432 e. The quantitative estimate of drug-likeness (QED) is 0.671. The van der Waals surface area contributed by atoms with Gasteiger partial charge in [-0.05, 0) is 12.1 Å². The van der Waals surface area contributed by atoms with E-state index in [9.17, 15) is 0 Å². The van der Waals surface area contributed by atoms with Crippen molar-refractivity contribution in [1.29, 1.82) is 0 Å². The van der Waals surface area contributed by atoms with Crippen molar-refractivity contribution >= 4 is 11.6 Å². The zero-order valence-corrected chi connectivity index (χ0v) is 6.88. The monoisotopic (exact) mass is 178 g/mol. The van der Waals surface area contributed by atoms with Gasteiger partial charge in [-0.2, -0.15) is 0 Å². The Kier molecular flexibility index (Phi) is 1.84. The Morgan fingerprint density at radius 3 is 3.00 bits per heavy atom. The van der Waals surface area contributed by atoms with E-state index >= 15 is 0 Å². The van der Waals surface area contributed by atoms with Gasteiger partial charge < -0.3 is 4.42 Å². The van der Waals surface area contributed by atoms with E-state index in [1.165, 1.54) is 0 Å². The summed E-state index contributed by atoms with van der Waals surface area (Å²) in [7, 11) is 0. The summed E-state index contributed by atoms with van der Waals surface area (Å²) in [4.78, 5) is 3.69. The average Bonchev–Trinajstić information content (AvgIpc) is 2.56. The molecule has 0 aliphatic rings. The van der Waals surface area contributed by atoms with Crippen LogP contribution in [0, 0.1) is 6.39 Å². The van der Waals surface area contributed by atoms with Crippen LogP contribution < -0.4 is 0 Å². The third-order valence-electron chi connectivity index (χ3n) is 1.50. The molecule has 0 atom stereocenters. The first-order chi connectivity index (χ1) is 5.86. The highest BCUT2D eigenvalue weighted by Crippen LogP contribution is 2.21. The second-order valence-corrected chi connectivity index (χ2v) is 2.76. The highest BCUT2D eigenvalue weighted by Gasteiger charge is 2.00. The maximum absolute atomic E-state index is 5.79. The molecule has 0 aliphatic heterocycles. The molecule has 1 aromatic carbocycles. The second-order valence-electron chi connectivity index (χ2n) is 2.33. The Hall–Kier alpha value is -1.28. The predicted molar refractivity (Wildman–Crippen MR) is 45.8 cm³/mol. The van der Waals surface area contributed by atoms with Gasteiger partial charge in [0, 0.05) is 10.6 Å². The van der Waals surface area contributed by atoms with Crippen LogP contribution in [0.4, 0.5) is 0 Å². The zero-order chi connectivity index (χ0) is 8.39. The van der Waals surface area contributed by atoms with Gasteiger partial charge in [-0.3, -0.25) is 0 Å². The van der Waals surface area contributed by atoms with E-state index in [-0.39, 0.29) is 0 Å². The lowest BCUT2D eigenvalue weighted by Crippen LogP contribution is -1.72. The normalized spacial score (nSPS) is 10.1. The lowest BCUT2D eigenvalue weighted by Gasteiger charge is -1.94. The largest absolute Gasteiger partial charge is 0.432 e. The highest BCUT2D eigenvalue weighted by atomic mass is 35.5. The second kappa shape index (κ2) is 2.99. The standard InChI is InChI=1S/C9H5ClNO/c10-8-3-1-2-7(4-8)9-5-11-6-12-9/h1-5H. The first kappa shape index (κ1) is 7.37. The molecule has 1 aromatic heterocycles. The molecule has 0 N–H and O–H groups in total. The van der Waals surface area contributed by atoms with Crippen molar-refractivity contribution < 1.29 is 4.42 Å². The number of oxazole rings is 1. The number of halogens is 1. The van der Waals surface area contributed by atoms with Crippen LogP contribution in [0.5, 0.6) is 0 Å². The van der Waals surface area contributed by atoms with Gasteiger partial charge in [0.25, 0.3) is 6.39 Å². The molecule has 1 radical (unpaired) electrons. The highest BCUT2D eigenvalue weighted by molar-refractivity contribution is 6.30. The molecule has 2 rings (SSSR count). The van der Waals surface area contributed by atoms with Gasteiger partial charge in [0.15, 0.2) is 5.76 Å². The van der Waals surface area contributed by atoms with Crippen molar-refractivity contribution in [2.45, 2.75) is 0 Å². The predicted octanol–water partition coefficient (Wildman–Crippen LogP) is 2.80. The summed E-state index contributed by atoms with van der Waals surface area (Å²) in [6, 6.07) is 7.39. The van der Waals surface area contributed by atoms with Crippen LogP contribution in [0.15, 0.2) is 34.9 Å². The number of aromatic nitrogens is 1. The van der Waals surface area contributed by atoms with E-state index in [1.807, 2.05) is 24.3 Å². The van der Waals surface area contributed by atoms with E-state index in [0.29, 0.717) is 10.8 Å². The molecular weight excluding hydrogens is 174 g/mol. The molecule has 0 saturated heterocycles. The lowest BCUT2D eigenvalue weighted by atomic mass is 10.2. The van der Waals surface area contributed by atoms with Crippen LogP contribution in [0.3, 0.4) is 0 Å². The van der Waals surface area contributed by atoms with Crippen molar-refractivity contribution in [2.24, 2.45) is 0 Å². The number of nitrogens with zero attached hydrogens (tertiary/aromatic N) is 1. The Morgan fingerprint density at radius 1 is 1.42 bits per heavy atom. The van der Waals surface area contributed by atoms with Gasteiger partial charge in [-0.1, -0.05) is 23.7 Å². The number of hydrogen-bond acceptors (Lipinski definition) is 2. The van der Waals surface area contributed by atoms with Crippen LogP contribution in [-0.4, -0.2) is 4.98 Å². The van der Waals surface area contributed by atoms with Gasteiger partial charge >= 0.3 is 0 Å². The molecule has 0 unspecified atom stereocenters. The summed E-state index contributed by atoms with van der Waals surface area (Å²) in [5.74, 6) is 0.678. The average molecular weight is 179 g/mol. The molecule has 2 nitrogen and oxygen atoms in total. The lowest BCUT2D eigenvalue weighted by molar-refractivity contribution is 0.561. The number of benzene rings is 1. The van der Waals surface area contributed by atoms with E-state index < -0.39 is 0 Å². The minimum atomic E-state index is 0.678. The third-order valence-corrected chi connectivity index (χ3v) is 1.73. The number of hydrogen-bond donors (Lipinski definition) is 0. The van der Waals surface area contributed by atoms with Crippen LogP contribution in [0.25, 0.3) is 11.3 Å². The maximum Gasteiger partial charge on any atom is 0.284 e. The van der Waals surface area contributed by atoms with Crippen molar-refractivity contribution in [3.63, 3.8) is 0 Å². The molecule has 1 heterocycles. The molecular formula is C9H5ClNO. The molecule has 59 valence electrons. The van der Waals surface area contributed by atoms with Gasteiger partial charge in [-0.15, -0.1) is 0 Å². The fourth-order valence-electron chi connectivity index (χ4n) is 0.962. The van der Waals surface area contributed by atoms with Crippen LogP contribution in [0.1, 0.15) is 0 Å². The Bertz CT molecular complexity index is 370.